The molecule has 3 N–H and O–H groups in total. The highest BCUT2D eigenvalue weighted by atomic mass is 19.4. The van der Waals surface area contributed by atoms with E-state index in [9.17, 15) is 22.0 Å². The van der Waals surface area contributed by atoms with Gasteiger partial charge < -0.3 is 10.8 Å². The van der Waals surface area contributed by atoms with Gasteiger partial charge in [0.15, 0.2) is 0 Å². The van der Waals surface area contributed by atoms with Gasteiger partial charge in [-0.3, -0.25) is 0 Å². The summed E-state index contributed by atoms with van der Waals surface area (Å²) in [5.41, 5.74) is 1.84. The molecule has 0 fully saturated rings. The highest BCUT2D eigenvalue weighted by molar-refractivity contribution is 5.36. The Hall–Kier alpha value is -1.44. The molecule has 0 atom stereocenters. The summed E-state index contributed by atoms with van der Waals surface area (Å²) >= 11 is 0. The summed E-state index contributed by atoms with van der Waals surface area (Å²) in [6.07, 6.45) is -7.95. The third-order valence-corrected chi connectivity index (χ3v) is 1.82. The van der Waals surface area contributed by atoms with E-state index in [0.717, 1.165) is 0 Å². The second-order valence-electron chi connectivity index (χ2n) is 2.89. The van der Waals surface area contributed by atoms with Crippen molar-refractivity contribution in [3.8, 4) is 5.75 Å². The van der Waals surface area contributed by atoms with Crippen LogP contribution in [0.3, 0.4) is 0 Å². The van der Waals surface area contributed by atoms with Gasteiger partial charge >= 0.3 is 6.18 Å². The first-order valence-electron chi connectivity index (χ1n) is 4.05. The van der Waals surface area contributed by atoms with E-state index in [4.69, 9.17) is 10.8 Å². The molecular formula is C8H7F5N2O. The van der Waals surface area contributed by atoms with Gasteiger partial charge in [0, 0.05) is 6.54 Å². The molecule has 1 rings (SSSR count). The van der Waals surface area contributed by atoms with E-state index in [0.29, 0.717) is 0 Å². The number of pyridine rings is 1. The predicted octanol–water partition coefficient (Wildman–Crippen LogP) is 2.20. The minimum atomic E-state index is -4.79. The van der Waals surface area contributed by atoms with Crippen molar-refractivity contribution in [1.82, 2.24) is 4.98 Å². The van der Waals surface area contributed by atoms with Crippen molar-refractivity contribution in [3.05, 3.63) is 23.0 Å². The van der Waals surface area contributed by atoms with Crippen LogP contribution in [0.2, 0.25) is 0 Å². The fourth-order valence-corrected chi connectivity index (χ4v) is 1.12. The van der Waals surface area contributed by atoms with E-state index in [-0.39, 0.29) is 6.07 Å². The van der Waals surface area contributed by atoms with Crippen LogP contribution in [-0.4, -0.2) is 10.1 Å². The van der Waals surface area contributed by atoms with E-state index < -0.39 is 41.8 Å². The molecule has 0 saturated heterocycles. The van der Waals surface area contributed by atoms with Crippen LogP contribution >= 0.6 is 0 Å². The summed E-state index contributed by atoms with van der Waals surface area (Å²) < 4.78 is 61.5. The second kappa shape index (κ2) is 4.20. The van der Waals surface area contributed by atoms with Crippen molar-refractivity contribution in [2.45, 2.75) is 19.1 Å². The average Bonchev–Trinajstić information content (AvgIpc) is 2.15. The van der Waals surface area contributed by atoms with Crippen LogP contribution < -0.4 is 5.73 Å². The molecular weight excluding hydrogens is 235 g/mol. The Kier molecular flexibility index (Phi) is 3.32. The highest BCUT2D eigenvalue weighted by Crippen LogP contribution is 2.36. The molecule has 3 nitrogen and oxygen atoms in total. The summed E-state index contributed by atoms with van der Waals surface area (Å²) in [7, 11) is 0. The van der Waals surface area contributed by atoms with E-state index in [1.807, 2.05) is 0 Å². The zero-order valence-corrected chi connectivity index (χ0v) is 7.72. The highest BCUT2D eigenvalue weighted by Gasteiger charge is 2.35. The molecule has 0 aliphatic rings. The minimum Gasteiger partial charge on any atom is -0.506 e. The fraction of sp³-hybridized carbons (Fsp3) is 0.375. The van der Waals surface area contributed by atoms with E-state index in [1.165, 1.54) is 0 Å². The van der Waals surface area contributed by atoms with Gasteiger partial charge in [0.05, 0.1) is 11.3 Å². The van der Waals surface area contributed by atoms with Gasteiger partial charge in [-0.15, -0.1) is 0 Å². The van der Waals surface area contributed by atoms with Crippen LogP contribution in [0, 0.1) is 0 Å². The number of aromatic nitrogens is 1. The van der Waals surface area contributed by atoms with Crippen LogP contribution in [0.4, 0.5) is 22.0 Å². The molecule has 0 saturated carbocycles. The molecule has 0 aliphatic heterocycles. The quantitative estimate of drug-likeness (QED) is 0.781. The molecule has 0 bridgehead atoms. The molecule has 1 heterocycles. The van der Waals surface area contributed by atoms with Crippen molar-refractivity contribution < 1.29 is 27.1 Å². The zero-order chi connectivity index (χ0) is 12.5. The number of nitrogens with two attached hydrogens (primary N) is 1. The Morgan fingerprint density at radius 2 is 1.94 bits per heavy atom. The van der Waals surface area contributed by atoms with Crippen LogP contribution in [0.1, 0.15) is 23.4 Å². The fourth-order valence-electron chi connectivity index (χ4n) is 1.12. The summed E-state index contributed by atoms with van der Waals surface area (Å²) in [6.45, 7) is -0.644. The molecule has 90 valence electrons. The van der Waals surface area contributed by atoms with Crippen molar-refractivity contribution in [2.75, 3.05) is 0 Å². The summed E-state index contributed by atoms with van der Waals surface area (Å²) in [5.74, 6) is -1.19. The Bertz CT molecular complexity index is 391. The second-order valence-corrected chi connectivity index (χ2v) is 2.89. The maximum Gasteiger partial charge on any atom is 0.418 e. The average molecular weight is 242 g/mol. The number of alkyl halides is 5. The maximum absolute atomic E-state index is 12.4. The monoisotopic (exact) mass is 242 g/mol. The summed E-state index contributed by atoms with van der Waals surface area (Å²) in [4.78, 5) is 3.01. The third kappa shape index (κ3) is 2.38. The SMILES string of the molecule is NCc1nc(C(F)F)c(O)cc1C(F)(F)F. The van der Waals surface area contributed by atoms with Gasteiger partial charge in [-0.1, -0.05) is 0 Å². The maximum atomic E-state index is 12.4. The van der Waals surface area contributed by atoms with Crippen molar-refractivity contribution >= 4 is 0 Å². The normalized spacial score (nSPS) is 12.2. The molecule has 0 aliphatic carbocycles. The van der Waals surface area contributed by atoms with Crippen molar-refractivity contribution in [2.24, 2.45) is 5.73 Å². The number of rotatable bonds is 2. The lowest BCUT2D eigenvalue weighted by atomic mass is 10.1. The Morgan fingerprint density at radius 1 is 1.38 bits per heavy atom. The lowest BCUT2D eigenvalue weighted by Crippen LogP contribution is -2.15. The number of nitrogens with zero attached hydrogens (tertiary/aromatic N) is 1. The molecule has 16 heavy (non-hydrogen) atoms. The number of halogens is 5. The van der Waals surface area contributed by atoms with Gasteiger partial charge in [0.2, 0.25) is 0 Å². The van der Waals surface area contributed by atoms with Crippen LogP contribution in [-0.2, 0) is 12.7 Å². The molecule has 1 aromatic rings. The van der Waals surface area contributed by atoms with Gasteiger partial charge in [-0.05, 0) is 6.07 Å². The van der Waals surface area contributed by atoms with Gasteiger partial charge in [-0.25, -0.2) is 13.8 Å². The van der Waals surface area contributed by atoms with Gasteiger partial charge in [0.25, 0.3) is 6.43 Å². The molecule has 0 radical (unpaired) electrons. The molecule has 0 amide bonds. The first kappa shape index (κ1) is 12.6. The van der Waals surface area contributed by atoms with E-state index in [2.05, 4.69) is 4.98 Å². The lowest BCUT2D eigenvalue weighted by Gasteiger charge is -2.13. The molecule has 0 unspecified atom stereocenters. The predicted molar refractivity (Wildman–Crippen MR) is 43.8 cm³/mol. The lowest BCUT2D eigenvalue weighted by molar-refractivity contribution is -0.138. The van der Waals surface area contributed by atoms with Crippen molar-refractivity contribution in [1.29, 1.82) is 0 Å². The molecule has 0 aromatic carbocycles. The Morgan fingerprint density at radius 3 is 2.31 bits per heavy atom. The van der Waals surface area contributed by atoms with Gasteiger partial charge in [0.1, 0.15) is 11.4 Å². The molecule has 8 heteroatoms. The Balaban J connectivity index is 3.38. The van der Waals surface area contributed by atoms with Crippen molar-refractivity contribution in [3.63, 3.8) is 0 Å². The first-order chi connectivity index (χ1) is 7.27. The topological polar surface area (TPSA) is 59.1 Å². The largest absolute Gasteiger partial charge is 0.506 e. The zero-order valence-electron chi connectivity index (χ0n) is 7.72. The Labute approximate surface area is 86.7 Å². The standard InChI is InChI=1S/C8H7F5N2O/c9-7(10)6-5(16)1-3(8(11,12)13)4(2-14)15-6/h1,7,16H,2,14H2. The van der Waals surface area contributed by atoms with Crippen LogP contribution in [0.15, 0.2) is 6.07 Å². The summed E-state index contributed by atoms with van der Waals surface area (Å²) in [5, 5.41) is 8.96. The van der Waals surface area contributed by atoms with Crippen LogP contribution in [0.5, 0.6) is 5.75 Å². The molecule has 0 spiro atoms. The van der Waals surface area contributed by atoms with E-state index >= 15 is 0 Å². The van der Waals surface area contributed by atoms with Crippen LogP contribution in [0.25, 0.3) is 0 Å². The van der Waals surface area contributed by atoms with E-state index in [1.54, 1.807) is 0 Å². The number of aromatic hydroxyl groups is 1. The summed E-state index contributed by atoms with van der Waals surface area (Å²) in [6, 6.07) is 0.205. The minimum absolute atomic E-state index is 0.205. The van der Waals surface area contributed by atoms with Gasteiger partial charge in [-0.2, -0.15) is 13.2 Å². The first-order valence-corrected chi connectivity index (χ1v) is 4.05. The molecule has 1 aromatic heterocycles. The smallest absolute Gasteiger partial charge is 0.418 e. The number of hydrogen-bond acceptors (Lipinski definition) is 3. The number of hydrogen-bond donors (Lipinski definition) is 2. The third-order valence-electron chi connectivity index (χ3n) is 1.82.